The third-order valence-electron chi connectivity index (χ3n) is 4.97. The van der Waals surface area contributed by atoms with Crippen LogP contribution in [0.25, 0.3) is 0 Å². The number of hydrogen-bond acceptors (Lipinski definition) is 4. The summed E-state index contributed by atoms with van der Waals surface area (Å²) in [5, 5.41) is 2.95. The van der Waals surface area contributed by atoms with Gasteiger partial charge in [0.1, 0.15) is 5.82 Å². The van der Waals surface area contributed by atoms with Crippen molar-refractivity contribution in [3.05, 3.63) is 29.6 Å². The first-order valence-electron chi connectivity index (χ1n) is 8.83. The first-order chi connectivity index (χ1) is 11.7. The summed E-state index contributed by atoms with van der Waals surface area (Å²) < 4.78 is 19.7. The van der Waals surface area contributed by atoms with Crippen molar-refractivity contribution in [3.63, 3.8) is 0 Å². The number of morpholine rings is 1. The van der Waals surface area contributed by atoms with E-state index in [-0.39, 0.29) is 11.7 Å². The first-order valence-corrected chi connectivity index (χ1v) is 8.83. The molecule has 2 aliphatic heterocycles. The van der Waals surface area contributed by atoms with Crippen LogP contribution in [0.15, 0.2) is 18.2 Å². The fourth-order valence-corrected chi connectivity index (χ4v) is 3.56. The fraction of sp³-hybridized carbons (Fsp3) is 0.611. The average molecular weight is 335 g/mol. The molecule has 2 aliphatic rings. The number of anilines is 1. The Labute approximate surface area is 142 Å². The molecule has 0 radical (unpaired) electrons. The van der Waals surface area contributed by atoms with Gasteiger partial charge in [-0.25, -0.2) is 4.39 Å². The second kappa shape index (κ2) is 7.94. The van der Waals surface area contributed by atoms with Gasteiger partial charge >= 0.3 is 0 Å². The minimum absolute atomic E-state index is 0.203. The third-order valence-corrected chi connectivity index (χ3v) is 4.97. The number of nitrogens with zero attached hydrogens (tertiary/aromatic N) is 2. The number of hydrogen-bond donors (Lipinski definition) is 1. The summed E-state index contributed by atoms with van der Waals surface area (Å²) in [6.07, 6.45) is 2.29. The van der Waals surface area contributed by atoms with E-state index in [1.165, 1.54) is 12.5 Å². The molecule has 6 heteroatoms. The van der Waals surface area contributed by atoms with Gasteiger partial charge in [-0.15, -0.1) is 0 Å². The van der Waals surface area contributed by atoms with Gasteiger partial charge in [-0.1, -0.05) is 6.92 Å². The van der Waals surface area contributed by atoms with Crippen LogP contribution in [-0.2, 0) is 4.74 Å². The molecule has 0 spiro atoms. The van der Waals surface area contributed by atoms with Crippen molar-refractivity contribution in [1.82, 2.24) is 10.2 Å². The highest BCUT2D eigenvalue weighted by atomic mass is 19.1. The van der Waals surface area contributed by atoms with E-state index in [9.17, 15) is 9.18 Å². The lowest BCUT2D eigenvalue weighted by Gasteiger charge is -2.29. The summed E-state index contributed by atoms with van der Waals surface area (Å²) in [7, 11) is 0. The molecule has 0 aliphatic carbocycles. The second-order valence-corrected chi connectivity index (χ2v) is 6.40. The highest BCUT2D eigenvalue weighted by molar-refractivity contribution is 5.94. The van der Waals surface area contributed by atoms with Crippen molar-refractivity contribution in [1.29, 1.82) is 0 Å². The van der Waals surface area contributed by atoms with Crippen LogP contribution in [0.4, 0.5) is 10.1 Å². The molecule has 1 aromatic carbocycles. The molecule has 3 rings (SSSR count). The molecule has 0 saturated carbocycles. The molecule has 1 aromatic rings. The van der Waals surface area contributed by atoms with Crippen molar-refractivity contribution in [2.24, 2.45) is 0 Å². The van der Waals surface area contributed by atoms with Crippen LogP contribution >= 0.6 is 0 Å². The number of likely N-dealkylation sites (tertiary alicyclic amines) is 1. The van der Waals surface area contributed by atoms with E-state index >= 15 is 0 Å². The summed E-state index contributed by atoms with van der Waals surface area (Å²) in [6, 6.07) is 5.14. The molecular weight excluding hydrogens is 309 g/mol. The van der Waals surface area contributed by atoms with Crippen LogP contribution in [0.5, 0.6) is 0 Å². The maximum atomic E-state index is 14.4. The average Bonchev–Trinajstić information content (AvgIpc) is 3.08. The Morgan fingerprint density at radius 2 is 2.12 bits per heavy atom. The summed E-state index contributed by atoms with van der Waals surface area (Å²) in [5.41, 5.74) is 0.924. The predicted molar refractivity (Wildman–Crippen MR) is 92.0 cm³/mol. The Morgan fingerprint density at radius 3 is 2.83 bits per heavy atom. The summed E-state index contributed by atoms with van der Waals surface area (Å²) in [4.78, 5) is 16.6. The van der Waals surface area contributed by atoms with E-state index in [2.05, 4.69) is 17.1 Å². The number of carbonyl (C=O) groups is 1. The van der Waals surface area contributed by atoms with E-state index in [0.717, 1.165) is 19.5 Å². The molecule has 2 saturated heterocycles. The summed E-state index contributed by atoms with van der Waals surface area (Å²) in [6.45, 7) is 7.44. The Kier molecular flexibility index (Phi) is 5.68. The topological polar surface area (TPSA) is 44.8 Å². The lowest BCUT2D eigenvalue weighted by molar-refractivity contribution is 0.0941. The van der Waals surface area contributed by atoms with Crippen molar-refractivity contribution in [2.45, 2.75) is 25.8 Å². The number of halogens is 1. The lowest BCUT2D eigenvalue weighted by Crippen LogP contribution is -2.40. The number of amides is 1. The zero-order valence-electron chi connectivity index (χ0n) is 14.3. The third kappa shape index (κ3) is 3.87. The van der Waals surface area contributed by atoms with Gasteiger partial charge in [-0.3, -0.25) is 9.69 Å². The van der Waals surface area contributed by atoms with E-state index in [1.54, 1.807) is 12.1 Å². The van der Waals surface area contributed by atoms with Gasteiger partial charge in [-0.2, -0.15) is 0 Å². The van der Waals surface area contributed by atoms with Crippen LogP contribution in [0, 0.1) is 5.82 Å². The zero-order valence-corrected chi connectivity index (χ0v) is 14.3. The number of carbonyl (C=O) groups excluding carboxylic acids is 1. The molecule has 1 amide bonds. The molecule has 0 bridgehead atoms. The van der Waals surface area contributed by atoms with Crippen molar-refractivity contribution < 1.29 is 13.9 Å². The second-order valence-electron chi connectivity index (χ2n) is 6.40. The number of nitrogens with one attached hydrogen (secondary N) is 1. The Morgan fingerprint density at radius 1 is 1.33 bits per heavy atom. The minimum atomic E-state index is -0.347. The minimum Gasteiger partial charge on any atom is -0.378 e. The highest BCUT2D eigenvalue weighted by Crippen LogP contribution is 2.22. The molecule has 24 heavy (non-hydrogen) atoms. The maximum Gasteiger partial charge on any atom is 0.251 e. The highest BCUT2D eigenvalue weighted by Gasteiger charge is 2.23. The van der Waals surface area contributed by atoms with Gasteiger partial charge in [-0.05, 0) is 44.1 Å². The van der Waals surface area contributed by atoms with Crippen LogP contribution < -0.4 is 10.2 Å². The summed E-state index contributed by atoms with van der Waals surface area (Å²) in [5.74, 6) is -0.550. The first kappa shape index (κ1) is 17.2. The van der Waals surface area contributed by atoms with Crippen LogP contribution in [0.1, 0.15) is 30.1 Å². The largest absolute Gasteiger partial charge is 0.378 e. The Bertz CT molecular complexity index is 575. The van der Waals surface area contributed by atoms with Crippen molar-refractivity contribution in [3.8, 4) is 0 Å². The SMILES string of the molecule is CCN1CCCC1CNC(=O)c1ccc(N2CCOCC2)c(F)c1. The van der Waals surface area contributed by atoms with Gasteiger partial charge in [0.2, 0.25) is 0 Å². The lowest BCUT2D eigenvalue weighted by atomic mass is 10.1. The number of rotatable bonds is 5. The van der Waals surface area contributed by atoms with Gasteiger partial charge in [0, 0.05) is 31.2 Å². The van der Waals surface area contributed by atoms with Crippen LogP contribution in [0.3, 0.4) is 0 Å². The maximum absolute atomic E-state index is 14.4. The van der Waals surface area contributed by atoms with Gasteiger partial charge in [0.25, 0.3) is 5.91 Å². The Hall–Kier alpha value is -1.66. The van der Waals surface area contributed by atoms with Crippen molar-refractivity contribution in [2.75, 3.05) is 50.8 Å². The molecular formula is C18H26FN3O2. The van der Waals surface area contributed by atoms with Crippen molar-refractivity contribution >= 4 is 11.6 Å². The van der Waals surface area contributed by atoms with Gasteiger partial charge in [0.05, 0.1) is 18.9 Å². The Balaban J connectivity index is 1.59. The predicted octanol–water partition coefficient (Wildman–Crippen LogP) is 1.88. The number of benzene rings is 1. The smallest absolute Gasteiger partial charge is 0.251 e. The molecule has 1 unspecified atom stereocenters. The van der Waals surface area contributed by atoms with E-state index in [0.29, 0.717) is 50.1 Å². The molecule has 1 N–H and O–H groups in total. The standard InChI is InChI=1S/C18H26FN3O2/c1-2-21-7-3-4-15(21)13-20-18(23)14-5-6-17(16(19)12-14)22-8-10-24-11-9-22/h5-6,12,15H,2-4,7-11,13H2,1H3,(H,20,23). The fourth-order valence-electron chi connectivity index (χ4n) is 3.56. The van der Waals surface area contributed by atoms with Crippen LogP contribution in [-0.4, -0.2) is 62.8 Å². The molecule has 2 heterocycles. The molecule has 0 aromatic heterocycles. The van der Waals surface area contributed by atoms with Gasteiger partial charge < -0.3 is 15.0 Å². The number of likely N-dealkylation sites (N-methyl/N-ethyl adjacent to an activating group) is 1. The normalized spacial score (nSPS) is 21.9. The zero-order chi connectivity index (χ0) is 16.9. The van der Waals surface area contributed by atoms with E-state index in [1.807, 2.05) is 4.90 Å². The monoisotopic (exact) mass is 335 g/mol. The van der Waals surface area contributed by atoms with Crippen LogP contribution in [0.2, 0.25) is 0 Å². The summed E-state index contributed by atoms with van der Waals surface area (Å²) >= 11 is 0. The molecule has 1 atom stereocenters. The molecule has 2 fully saturated rings. The quantitative estimate of drug-likeness (QED) is 0.892. The van der Waals surface area contributed by atoms with E-state index in [4.69, 9.17) is 4.74 Å². The van der Waals surface area contributed by atoms with E-state index < -0.39 is 0 Å². The van der Waals surface area contributed by atoms with Gasteiger partial charge in [0.15, 0.2) is 0 Å². The molecule has 132 valence electrons. The molecule has 5 nitrogen and oxygen atoms in total. The number of ether oxygens (including phenoxy) is 1.